The Bertz CT molecular complexity index is 327. The Labute approximate surface area is 83.6 Å². The molecule has 0 aromatic carbocycles. The van der Waals surface area contributed by atoms with E-state index in [0.717, 1.165) is 11.4 Å². The van der Waals surface area contributed by atoms with Crippen molar-refractivity contribution in [2.24, 2.45) is 0 Å². The first-order valence-electron chi connectivity index (χ1n) is 4.49. The van der Waals surface area contributed by atoms with E-state index in [9.17, 15) is 0 Å². The molecular formula is C9H16N4O. The summed E-state index contributed by atoms with van der Waals surface area (Å²) >= 11 is 0. The van der Waals surface area contributed by atoms with E-state index in [1.54, 1.807) is 6.92 Å². The molecule has 0 radical (unpaired) electrons. The molecule has 14 heavy (non-hydrogen) atoms. The van der Waals surface area contributed by atoms with Gasteiger partial charge in [-0.1, -0.05) is 0 Å². The second-order valence-corrected chi connectivity index (χ2v) is 3.25. The fourth-order valence-corrected chi connectivity index (χ4v) is 1.26. The largest absolute Gasteiger partial charge is 0.395 e. The molecule has 0 unspecified atom stereocenters. The third-order valence-corrected chi connectivity index (χ3v) is 2.07. The van der Waals surface area contributed by atoms with E-state index >= 15 is 0 Å². The van der Waals surface area contributed by atoms with Crippen LogP contribution >= 0.6 is 0 Å². The highest BCUT2D eigenvalue weighted by Gasteiger charge is 2.10. The zero-order valence-corrected chi connectivity index (χ0v) is 8.78. The van der Waals surface area contributed by atoms with E-state index in [1.165, 1.54) is 0 Å². The van der Waals surface area contributed by atoms with Crippen LogP contribution in [0, 0.1) is 13.8 Å². The van der Waals surface area contributed by atoms with Gasteiger partial charge in [-0.2, -0.15) is 0 Å². The van der Waals surface area contributed by atoms with Crippen LogP contribution in [-0.4, -0.2) is 35.3 Å². The summed E-state index contributed by atoms with van der Waals surface area (Å²) < 4.78 is 0. The van der Waals surface area contributed by atoms with Gasteiger partial charge in [-0.3, -0.25) is 0 Å². The van der Waals surface area contributed by atoms with Crippen molar-refractivity contribution in [3.8, 4) is 0 Å². The molecule has 78 valence electrons. The normalized spacial score (nSPS) is 10.3. The summed E-state index contributed by atoms with van der Waals surface area (Å²) in [6.07, 6.45) is 0. The van der Waals surface area contributed by atoms with Crippen LogP contribution in [0.2, 0.25) is 0 Å². The van der Waals surface area contributed by atoms with Crippen LogP contribution in [0.5, 0.6) is 0 Å². The van der Waals surface area contributed by atoms with Crippen molar-refractivity contribution < 1.29 is 5.11 Å². The number of hydrogen-bond acceptors (Lipinski definition) is 5. The predicted octanol–water partition coefficient (Wildman–Crippen LogP) is 0.104. The molecule has 1 heterocycles. The second-order valence-electron chi connectivity index (χ2n) is 3.25. The molecule has 0 spiro atoms. The number of aromatic nitrogens is 2. The highest BCUT2D eigenvalue weighted by atomic mass is 16.3. The maximum atomic E-state index is 8.81. The molecule has 0 aliphatic rings. The van der Waals surface area contributed by atoms with Crippen molar-refractivity contribution in [2.75, 3.05) is 30.8 Å². The number of aliphatic hydroxyl groups is 1. The predicted molar refractivity (Wildman–Crippen MR) is 56.3 cm³/mol. The van der Waals surface area contributed by atoms with Crippen LogP contribution in [0.25, 0.3) is 0 Å². The topological polar surface area (TPSA) is 75.3 Å². The van der Waals surface area contributed by atoms with Crippen LogP contribution in [0.3, 0.4) is 0 Å². The lowest BCUT2D eigenvalue weighted by Crippen LogP contribution is -2.24. The lowest BCUT2D eigenvalue weighted by Gasteiger charge is -2.19. The molecule has 1 rings (SSSR count). The average molecular weight is 196 g/mol. The van der Waals surface area contributed by atoms with Crippen LogP contribution in [-0.2, 0) is 0 Å². The van der Waals surface area contributed by atoms with Crippen molar-refractivity contribution in [3.05, 3.63) is 11.4 Å². The molecule has 0 saturated heterocycles. The Kier molecular flexibility index (Phi) is 3.24. The van der Waals surface area contributed by atoms with Crippen molar-refractivity contribution >= 4 is 11.6 Å². The Morgan fingerprint density at radius 2 is 2.00 bits per heavy atom. The highest BCUT2D eigenvalue weighted by Crippen LogP contribution is 2.19. The number of hydrogen-bond donors (Lipinski definition) is 2. The smallest absolute Gasteiger partial charge is 0.137 e. The quantitative estimate of drug-likeness (QED) is 0.717. The fraction of sp³-hybridized carbons (Fsp3) is 0.556. The lowest BCUT2D eigenvalue weighted by atomic mass is 10.3. The summed E-state index contributed by atoms with van der Waals surface area (Å²) in [4.78, 5) is 10.2. The van der Waals surface area contributed by atoms with Gasteiger partial charge in [0.05, 0.1) is 6.61 Å². The number of nitrogens with zero attached hydrogens (tertiary/aromatic N) is 3. The van der Waals surface area contributed by atoms with Crippen molar-refractivity contribution in [1.29, 1.82) is 0 Å². The van der Waals surface area contributed by atoms with Gasteiger partial charge in [-0.25, -0.2) is 9.97 Å². The van der Waals surface area contributed by atoms with Gasteiger partial charge >= 0.3 is 0 Å². The third kappa shape index (κ3) is 2.11. The highest BCUT2D eigenvalue weighted by molar-refractivity contribution is 5.55. The molecule has 1 aromatic rings. The van der Waals surface area contributed by atoms with E-state index in [-0.39, 0.29) is 6.61 Å². The zero-order valence-electron chi connectivity index (χ0n) is 8.78. The van der Waals surface area contributed by atoms with Gasteiger partial charge in [0.1, 0.15) is 17.5 Å². The van der Waals surface area contributed by atoms with Crippen LogP contribution < -0.4 is 10.6 Å². The van der Waals surface area contributed by atoms with Gasteiger partial charge in [0.2, 0.25) is 0 Å². The molecule has 0 fully saturated rings. The molecular weight excluding hydrogens is 180 g/mol. The molecule has 5 nitrogen and oxygen atoms in total. The minimum atomic E-state index is 0.0961. The summed E-state index contributed by atoms with van der Waals surface area (Å²) in [5.74, 6) is 1.93. The molecule has 3 N–H and O–H groups in total. The van der Waals surface area contributed by atoms with Crippen LogP contribution in [0.1, 0.15) is 11.4 Å². The number of aliphatic hydroxyl groups excluding tert-OH is 1. The lowest BCUT2D eigenvalue weighted by molar-refractivity contribution is 0.303. The molecule has 0 bridgehead atoms. The van der Waals surface area contributed by atoms with Crippen molar-refractivity contribution in [1.82, 2.24) is 9.97 Å². The van der Waals surface area contributed by atoms with Crippen LogP contribution in [0.15, 0.2) is 0 Å². The van der Waals surface area contributed by atoms with Gasteiger partial charge in [0, 0.05) is 19.2 Å². The number of anilines is 2. The summed E-state index contributed by atoms with van der Waals surface area (Å²) in [6.45, 7) is 4.31. The molecule has 0 atom stereocenters. The summed E-state index contributed by atoms with van der Waals surface area (Å²) in [6, 6.07) is 0. The molecule has 0 saturated carbocycles. The number of likely N-dealkylation sites (N-methyl/N-ethyl adjacent to an activating group) is 1. The van der Waals surface area contributed by atoms with Gasteiger partial charge in [0.25, 0.3) is 0 Å². The van der Waals surface area contributed by atoms with E-state index in [4.69, 9.17) is 10.8 Å². The van der Waals surface area contributed by atoms with E-state index < -0.39 is 0 Å². The number of nitrogens with two attached hydrogens (primary N) is 1. The van der Waals surface area contributed by atoms with Gasteiger partial charge in [-0.05, 0) is 13.8 Å². The number of rotatable bonds is 3. The maximum Gasteiger partial charge on any atom is 0.137 e. The Morgan fingerprint density at radius 1 is 1.36 bits per heavy atom. The first kappa shape index (κ1) is 10.7. The Morgan fingerprint density at radius 3 is 2.57 bits per heavy atom. The first-order chi connectivity index (χ1) is 6.56. The summed E-state index contributed by atoms with van der Waals surface area (Å²) in [7, 11) is 1.87. The maximum absolute atomic E-state index is 8.81. The van der Waals surface area contributed by atoms with Crippen molar-refractivity contribution in [2.45, 2.75) is 13.8 Å². The van der Waals surface area contributed by atoms with Crippen LogP contribution in [0.4, 0.5) is 11.6 Å². The Hall–Kier alpha value is -1.36. The molecule has 0 amide bonds. The van der Waals surface area contributed by atoms with E-state index in [1.807, 2.05) is 18.9 Å². The van der Waals surface area contributed by atoms with Crippen molar-refractivity contribution in [3.63, 3.8) is 0 Å². The molecule has 1 aromatic heterocycles. The number of nitrogen functional groups attached to an aromatic ring is 1. The van der Waals surface area contributed by atoms with Gasteiger partial charge in [0.15, 0.2) is 0 Å². The minimum Gasteiger partial charge on any atom is -0.395 e. The van der Waals surface area contributed by atoms with E-state index in [2.05, 4.69) is 9.97 Å². The summed E-state index contributed by atoms with van der Waals surface area (Å²) in [5.41, 5.74) is 6.57. The first-order valence-corrected chi connectivity index (χ1v) is 4.49. The fourth-order valence-electron chi connectivity index (χ4n) is 1.26. The average Bonchev–Trinajstić information content (AvgIpc) is 2.11. The molecule has 0 aliphatic heterocycles. The number of aryl methyl sites for hydroxylation is 1. The Balaban J connectivity index is 3.07. The third-order valence-electron chi connectivity index (χ3n) is 2.07. The molecule has 5 heteroatoms. The SMILES string of the molecule is Cc1nc(N)c(C)c(N(C)CCO)n1. The van der Waals surface area contributed by atoms with Gasteiger partial charge in [-0.15, -0.1) is 0 Å². The zero-order chi connectivity index (χ0) is 10.7. The monoisotopic (exact) mass is 196 g/mol. The van der Waals surface area contributed by atoms with Gasteiger partial charge < -0.3 is 15.7 Å². The standard InChI is InChI=1S/C9H16N4O/c1-6-8(10)11-7(2)12-9(6)13(3)4-5-14/h14H,4-5H2,1-3H3,(H2,10,11,12). The van der Waals surface area contributed by atoms with E-state index in [0.29, 0.717) is 18.2 Å². The second kappa shape index (κ2) is 4.23. The summed E-state index contributed by atoms with van der Waals surface area (Å²) in [5, 5.41) is 8.81. The minimum absolute atomic E-state index is 0.0961. The molecule has 0 aliphatic carbocycles.